The van der Waals surface area contributed by atoms with Crippen LogP contribution in [0.4, 0.5) is 5.69 Å². The SMILES string of the molecule is CCNC(=NCC(C)N(C)c1ccccc1)N1CCC(COCCOC)C1.I. The maximum Gasteiger partial charge on any atom is 0.193 e. The number of likely N-dealkylation sites (N-methyl/N-ethyl adjacent to an activating group) is 1. The molecule has 1 fully saturated rings. The summed E-state index contributed by atoms with van der Waals surface area (Å²) < 4.78 is 10.7. The quantitative estimate of drug-likeness (QED) is 0.230. The van der Waals surface area contributed by atoms with Gasteiger partial charge in [0.25, 0.3) is 0 Å². The molecule has 0 saturated carbocycles. The smallest absolute Gasteiger partial charge is 0.193 e. The lowest BCUT2D eigenvalue weighted by Crippen LogP contribution is -2.41. The summed E-state index contributed by atoms with van der Waals surface area (Å²) in [6.45, 7) is 10.2. The van der Waals surface area contributed by atoms with E-state index < -0.39 is 0 Å². The zero-order valence-electron chi connectivity index (χ0n) is 17.8. The third kappa shape index (κ3) is 8.13. The number of rotatable bonds is 10. The highest BCUT2D eigenvalue weighted by Crippen LogP contribution is 2.17. The van der Waals surface area contributed by atoms with Gasteiger partial charge in [0.05, 0.1) is 26.4 Å². The third-order valence-electron chi connectivity index (χ3n) is 5.04. The molecule has 1 aromatic carbocycles. The molecule has 1 N–H and O–H groups in total. The van der Waals surface area contributed by atoms with E-state index in [1.807, 2.05) is 6.07 Å². The van der Waals surface area contributed by atoms with Crippen molar-refractivity contribution in [2.45, 2.75) is 26.3 Å². The number of methoxy groups -OCH3 is 1. The van der Waals surface area contributed by atoms with Crippen LogP contribution in [-0.2, 0) is 9.47 Å². The minimum absolute atomic E-state index is 0. The van der Waals surface area contributed by atoms with Crippen molar-refractivity contribution in [3.8, 4) is 0 Å². The first-order valence-electron chi connectivity index (χ1n) is 10.0. The number of anilines is 1. The van der Waals surface area contributed by atoms with Crippen LogP contribution < -0.4 is 10.2 Å². The highest BCUT2D eigenvalue weighted by molar-refractivity contribution is 14.0. The molecular formula is C21H37IN4O2. The van der Waals surface area contributed by atoms with E-state index in [9.17, 15) is 0 Å². The Bertz CT molecular complexity index is 559. The van der Waals surface area contributed by atoms with Gasteiger partial charge in [-0.05, 0) is 32.4 Å². The molecule has 0 amide bonds. The maximum atomic E-state index is 5.71. The van der Waals surface area contributed by atoms with Crippen molar-refractivity contribution in [1.82, 2.24) is 10.2 Å². The Balaban J connectivity index is 0.00000392. The van der Waals surface area contributed by atoms with E-state index in [4.69, 9.17) is 14.5 Å². The molecule has 0 aliphatic carbocycles. The molecule has 0 spiro atoms. The number of likely N-dealkylation sites (tertiary alicyclic amines) is 1. The van der Waals surface area contributed by atoms with Gasteiger partial charge >= 0.3 is 0 Å². The first kappa shape index (κ1) is 25.0. The summed E-state index contributed by atoms with van der Waals surface area (Å²) in [7, 11) is 3.84. The van der Waals surface area contributed by atoms with E-state index in [2.05, 4.69) is 60.3 Å². The molecule has 0 aromatic heterocycles. The summed E-state index contributed by atoms with van der Waals surface area (Å²) in [6.07, 6.45) is 1.15. The van der Waals surface area contributed by atoms with Gasteiger partial charge in [-0.1, -0.05) is 18.2 Å². The van der Waals surface area contributed by atoms with E-state index in [0.717, 1.165) is 45.2 Å². The van der Waals surface area contributed by atoms with Gasteiger partial charge in [-0.25, -0.2) is 0 Å². The topological polar surface area (TPSA) is 49.3 Å². The molecule has 2 atom stereocenters. The maximum absolute atomic E-state index is 5.71. The van der Waals surface area contributed by atoms with Gasteiger partial charge in [0, 0.05) is 51.4 Å². The van der Waals surface area contributed by atoms with Crippen LogP contribution in [0.25, 0.3) is 0 Å². The van der Waals surface area contributed by atoms with E-state index in [1.54, 1.807) is 7.11 Å². The average Bonchev–Trinajstić information content (AvgIpc) is 3.17. The number of hydrogen-bond acceptors (Lipinski definition) is 4. The Morgan fingerprint density at radius 2 is 2.07 bits per heavy atom. The number of aliphatic imine (C=N–C) groups is 1. The van der Waals surface area contributed by atoms with Crippen LogP contribution in [-0.4, -0.2) is 77.1 Å². The van der Waals surface area contributed by atoms with Gasteiger partial charge in [0.1, 0.15) is 0 Å². The number of nitrogens with one attached hydrogen (secondary N) is 1. The van der Waals surface area contributed by atoms with Crippen LogP contribution in [0.5, 0.6) is 0 Å². The van der Waals surface area contributed by atoms with Crippen LogP contribution in [0.3, 0.4) is 0 Å². The molecule has 1 saturated heterocycles. The van der Waals surface area contributed by atoms with Gasteiger partial charge in [-0.15, -0.1) is 24.0 Å². The molecule has 2 unspecified atom stereocenters. The van der Waals surface area contributed by atoms with Crippen molar-refractivity contribution in [2.75, 3.05) is 65.1 Å². The van der Waals surface area contributed by atoms with Crippen LogP contribution >= 0.6 is 24.0 Å². The Hall–Kier alpha value is -1.06. The van der Waals surface area contributed by atoms with E-state index >= 15 is 0 Å². The van der Waals surface area contributed by atoms with E-state index in [1.165, 1.54) is 5.69 Å². The summed E-state index contributed by atoms with van der Waals surface area (Å²) in [6, 6.07) is 10.8. The number of hydrogen-bond donors (Lipinski definition) is 1. The molecule has 0 bridgehead atoms. The Kier molecular flexibility index (Phi) is 12.5. The predicted molar refractivity (Wildman–Crippen MR) is 128 cm³/mol. The minimum Gasteiger partial charge on any atom is -0.382 e. The van der Waals surface area contributed by atoms with Crippen molar-refractivity contribution in [3.63, 3.8) is 0 Å². The van der Waals surface area contributed by atoms with Crippen molar-refractivity contribution >= 4 is 35.6 Å². The van der Waals surface area contributed by atoms with Crippen molar-refractivity contribution in [1.29, 1.82) is 0 Å². The van der Waals surface area contributed by atoms with Gasteiger partial charge in [0.15, 0.2) is 5.96 Å². The molecule has 6 nitrogen and oxygen atoms in total. The molecular weight excluding hydrogens is 467 g/mol. The standard InChI is InChI=1S/C21H36N4O2.HI/c1-5-22-21(25-12-11-19(16-25)17-27-14-13-26-4)23-15-18(2)24(3)20-9-7-6-8-10-20;/h6-10,18-19H,5,11-17H2,1-4H3,(H,22,23);1H. The lowest BCUT2D eigenvalue weighted by atomic mass is 10.1. The highest BCUT2D eigenvalue weighted by Gasteiger charge is 2.25. The number of benzene rings is 1. The Morgan fingerprint density at radius 1 is 1.32 bits per heavy atom. The number of nitrogens with zero attached hydrogens (tertiary/aromatic N) is 3. The molecule has 1 aliphatic heterocycles. The second-order valence-electron chi connectivity index (χ2n) is 7.16. The minimum atomic E-state index is 0. The first-order valence-corrected chi connectivity index (χ1v) is 10.0. The van der Waals surface area contributed by atoms with E-state index in [0.29, 0.717) is 25.2 Å². The van der Waals surface area contributed by atoms with Gasteiger partial charge in [-0.3, -0.25) is 4.99 Å². The molecule has 1 aliphatic rings. The summed E-state index contributed by atoms with van der Waals surface area (Å²) >= 11 is 0. The Morgan fingerprint density at radius 3 is 2.75 bits per heavy atom. The summed E-state index contributed by atoms with van der Waals surface area (Å²) in [5.74, 6) is 1.58. The molecule has 160 valence electrons. The van der Waals surface area contributed by atoms with Crippen LogP contribution in [0.15, 0.2) is 35.3 Å². The fourth-order valence-electron chi connectivity index (χ4n) is 3.24. The third-order valence-corrected chi connectivity index (χ3v) is 5.04. The first-order chi connectivity index (χ1) is 13.2. The zero-order valence-corrected chi connectivity index (χ0v) is 20.1. The van der Waals surface area contributed by atoms with Crippen LogP contribution in [0, 0.1) is 5.92 Å². The number of halogens is 1. The highest BCUT2D eigenvalue weighted by atomic mass is 127. The van der Waals surface area contributed by atoms with Crippen LogP contribution in [0.2, 0.25) is 0 Å². The van der Waals surface area contributed by atoms with Crippen molar-refractivity contribution < 1.29 is 9.47 Å². The van der Waals surface area contributed by atoms with Gasteiger partial charge in [0.2, 0.25) is 0 Å². The number of para-hydroxylation sites is 1. The fraction of sp³-hybridized carbons (Fsp3) is 0.667. The van der Waals surface area contributed by atoms with Gasteiger partial charge in [-0.2, -0.15) is 0 Å². The number of guanidine groups is 1. The summed E-state index contributed by atoms with van der Waals surface area (Å²) in [4.78, 5) is 9.56. The lowest BCUT2D eigenvalue weighted by Gasteiger charge is -2.27. The molecule has 2 rings (SSSR count). The van der Waals surface area contributed by atoms with Crippen LogP contribution in [0.1, 0.15) is 20.3 Å². The monoisotopic (exact) mass is 504 g/mol. The molecule has 1 aromatic rings. The largest absolute Gasteiger partial charge is 0.382 e. The molecule has 28 heavy (non-hydrogen) atoms. The summed E-state index contributed by atoms with van der Waals surface area (Å²) in [5.41, 5.74) is 1.22. The number of ether oxygens (including phenoxy) is 2. The predicted octanol–water partition coefficient (Wildman–Crippen LogP) is 3.08. The average molecular weight is 504 g/mol. The fourth-order valence-corrected chi connectivity index (χ4v) is 3.24. The summed E-state index contributed by atoms with van der Waals surface area (Å²) in [5, 5.41) is 3.45. The second kappa shape index (κ2) is 14.0. The normalized spacial score (nSPS) is 17.9. The Labute approximate surface area is 187 Å². The van der Waals surface area contributed by atoms with Gasteiger partial charge < -0.3 is 24.6 Å². The second-order valence-corrected chi connectivity index (χ2v) is 7.16. The molecule has 7 heteroatoms. The lowest BCUT2D eigenvalue weighted by molar-refractivity contribution is 0.0536. The zero-order chi connectivity index (χ0) is 19.5. The van der Waals surface area contributed by atoms with E-state index in [-0.39, 0.29) is 24.0 Å². The van der Waals surface area contributed by atoms with Crippen molar-refractivity contribution in [3.05, 3.63) is 30.3 Å². The van der Waals surface area contributed by atoms with Crippen molar-refractivity contribution in [2.24, 2.45) is 10.9 Å². The molecule has 0 radical (unpaired) electrons. The molecule has 1 heterocycles.